The summed E-state index contributed by atoms with van der Waals surface area (Å²) >= 11 is 6.26. The Kier molecular flexibility index (Phi) is 7.40. The van der Waals surface area contributed by atoms with Crippen LogP contribution < -0.4 is 10.6 Å². The molecule has 33 heavy (non-hydrogen) atoms. The Bertz CT molecular complexity index is 1060. The normalized spacial score (nSPS) is 16.8. The minimum absolute atomic E-state index is 0.122. The third-order valence-electron chi connectivity index (χ3n) is 5.95. The van der Waals surface area contributed by atoms with E-state index in [0.717, 1.165) is 31.2 Å². The summed E-state index contributed by atoms with van der Waals surface area (Å²) < 4.78 is 0. The van der Waals surface area contributed by atoms with Gasteiger partial charge in [-0.2, -0.15) is 5.10 Å². The summed E-state index contributed by atoms with van der Waals surface area (Å²) in [5.41, 5.74) is 1.98. The van der Waals surface area contributed by atoms with E-state index in [4.69, 9.17) is 11.6 Å². The Balaban J connectivity index is 1.44. The van der Waals surface area contributed by atoms with Crippen LogP contribution in [0.2, 0.25) is 5.02 Å². The number of halogens is 1. The van der Waals surface area contributed by atoms with Crippen LogP contribution in [-0.4, -0.2) is 34.5 Å². The number of hydrazone groups is 1. The number of carbonyl (C=O) groups excluding carboxylic acids is 3. The summed E-state index contributed by atoms with van der Waals surface area (Å²) in [6.45, 7) is 0.308. The van der Waals surface area contributed by atoms with Crippen molar-refractivity contribution in [2.24, 2.45) is 5.10 Å². The number of nitrogens with zero attached hydrogens (tertiary/aromatic N) is 2. The summed E-state index contributed by atoms with van der Waals surface area (Å²) in [7, 11) is 0. The minimum atomic E-state index is -0.401. The van der Waals surface area contributed by atoms with Gasteiger partial charge in [0, 0.05) is 24.6 Å². The Hall–Kier alpha value is -3.19. The second-order valence-corrected chi connectivity index (χ2v) is 8.85. The summed E-state index contributed by atoms with van der Waals surface area (Å²) in [6, 6.07) is 14.5. The lowest BCUT2D eigenvalue weighted by Crippen LogP contribution is -2.36. The van der Waals surface area contributed by atoms with Crippen molar-refractivity contribution in [1.82, 2.24) is 10.3 Å². The van der Waals surface area contributed by atoms with Crippen LogP contribution >= 0.6 is 11.6 Å². The standard InChI is InChI=1S/C25H27ClN4O3/c26-21-12-11-19(15-20(21)24(32)27-18-9-5-2-6-10-18)28-25(33)22-13-14-23(31)30(29-22)16-17-7-3-1-4-8-17/h1,3-4,7-8,11-12,15,18H,2,5-6,9-10,13-14,16H2,(H,27,32)(H,28,33). The van der Waals surface area contributed by atoms with Crippen molar-refractivity contribution in [2.75, 3.05) is 5.32 Å². The van der Waals surface area contributed by atoms with Gasteiger partial charge in [0.1, 0.15) is 5.71 Å². The maximum atomic E-state index is 12.8. The number of rotatable bonds is 6. The lowest BCUT2D eigenvalue weighted by atomic mass is 9.95. The third-order valence-corrected chi connectivity index (χ3v) is 6.28. The Morgan fingerprint density at radius 2 is 1.76 bits per heavy atom. The monoisotopic (exact) mass is 466 g/mol. The molecule has 0 saturated heterocycles. The highest BCUT2D eigenvalue weighted by Crippen LogP contribution is 2.23. The van der Waals surface area contributed by atoms with E-state index in [0.29, 0.717) is 22.8 Å². The molecule has 0 spiro atoms. The van der Waals surface area contributed by atoms with Crippen LogP contribution in [-0.2, 0) is 16.1 Å². The lowest BCUT2D eigenvalue weighted by molar-refractivity contribution is -0.132. The molecule has 4 rings (SSSR count). The van der Waals surface area contributed by atoms with Crippen molar-refractivity contribution in [3.63, 3.8) is 0 Å². The maximum Gasteiger partial charge on any atom is 0.271 e. The minimum Gasteiger partial charge on any atom is -0.349 e. The van der Waals surface area contributed by atoms with Crippen molar-refractivity contribution in [1.29, 1.82) is 0 Å². The number of hydrogen-bond donors (Lipinski definition) is 2. The number of nitrogens with one attached hydrogen (secondary N) is 2. The highest BCUT2D eigenvalue weighted by molar-refractivity contribution is 6.43. The van der Waals surface area contributed by atoms with Gasteiger partial charge in [-0.15, -0.1) is 0 Å². The summed E-state index contributed by atoms with van der Waals surface area (Å²) in [4.78, 5) is 37.9. The van der Waals surface area contributed by atoms with E-state index < -0.39 is 5.91 Å². The van der Waals surface area contributed by atoms with Crippen LogP contribution in [0.4, 0.5) is 5.69 Å². The van der Waals surface area contributed by atoms with Crippen molar-refractivity contribution in [3.8, 4) is 0 Å². The average molecular weight is 467 g/mol. The Morgan fingerprint density at radius 3 is 2.52 bits per heavy atom. The Labute approximate surface area is 198 Å². The van der Waals surface area contributed by atoms with Gasteiger partial charge in [-0.25, -0.2) is 5.01 Å². The van der Waals surface area contributed by atoms with Gasteiger partial charge in [0.25, 0.3) is 11.8 Å². The lowest BCUT2D eigenvalue weighted by Gasteiger charge is -2.23. The molecule has 0 aromatic heterocycles. The first-order valence-corrected chi connectivity index (χ1v) is 11.7. The highest BCUT2D eigenvalue weighted by Gasteiger charge is 2.25. The van der Waals surface area contributed by atoms with E-state index >= 15 is 0 Å². The Morgan fingerprint density at radius 1 is 1.00 bits per heavy atom. The molecule has 1 fully saturated rings. The summed E-state index contributed by atoms with van der Waals surface area (Å²) in [5, 5.41) is 11.8. The smallest absolute Gasteiger partial charge is 0.271 e. The third kappa shape index (κ3) is 5.99. The average Bonchev–Trinajstić information content (AvgIpc) is 2.83. The quantitative estimate of drug-likeness (QED) is 0.655. The van der Waals surface area contributed by atoms with Gasteiger partial charge in [-0.3, -0.25) is 14.4 Å². The maximum absolute atomic E-state index is 12.8. The number of benzene rings is 2. The molecule has 1 aliphatic carbocycles. The van der Waals surface area contributed by atoms with Crippen LogP contribution in [0.15, 0.2) is 53.6 Å². The molecule has 1 aliphatic heterocycles. The highest BCUT2D eigenvalue weighted by atomic mass is 35.5. The molecule has 7 nitrogen and oxygen atoms in total. The zero-order valence-corrected chi connectivity index (χ0v) is 19.1. The van der Waals surface area contributed by atoms with E-state index in [9.17, 15) is 14.4 Å². The van der Waals surface area contributed by atoms with Crippen molar-refractivity contribution < 1.29 is 14.4 Å². The van der Waals surface area contributed by atoms with Crippen LogP contribution in [0.25, 0.3) is 0 Å². The molecule has 2 aromatic rings. The molecule has 0 unspecified atom stereocenters. The molecule has 2 N–H and O–H groups in total. The van der Waals surface area contributed by atoms with Crippen molar-refractivity contribution in [3.05, 3.63) is 64.7 Å². The second kappa shape index (κ2) is 10.6. The molecule has 3 amide bonds. The van der Waals surface area contributed by atoms with Gasteiger partial charge in [0.15, 0.2) is 0 Å². The molecule has 2 aromatic carbocycles. The zero-order chi connectivity index (χ0) is 23.2. The SMILES string of the molecule is O=C(Nc1ccc(Cl)c(C(=O)NC2CCCCC2)c1)C1=NN(Cc2ccccc2)C(=O)CC1. The summed E-state index contributed by atoms with van der Waals surface area (Å²) in [5.74, 6) is -0.761. The molecule has 8 heteroatoms. The van der Waals surface area contributed by atoms with E-state index in [1.807, 2.05) is 30.3 Å². The van der Waals surface area contributed by atoms with E-state index in [1.165, 1.54) is 11.4 Å². The fourth-order valence-corrected chi connectivity index (χ4v) is 4.34. The van der Waals surface area contributed by atoms with E-state index in [-0.39, 0.29) is 36.4 Å². The number of anilines is 1. The van der Waals surface area contributed by atoms with Crippen LogP contribution in [0.3, 0.4) is 0 Å². The van der Waals surface area contributed by atoms with Crippen molar-refractivity contribution in [2.45, 2.75) is 57.5 Å². The fourth-order valence-electron chi connectivity index (χ4n) is 4.14. The molecule has 172 valence electrons. The van der Waals surface area contributed by atoms with Gasteiger partial charge in [-0.1, -0.05) is 61.2 Å². The van der Waals surface area contributed by atoms with Crippen LogP contribution in [0.5, 0.6) is 0 Å². The largest absolute Gasteiger partial charge is 0.349 e. The first-order chi connectivity index (χ1) is 16.0. The van der Waals surface area contributed by atoms with Gasteiger partial charge >= 0.3 is 0 Å². The topological polar surface area (TPSA) is 90.9 Å². The van der Waals surface area contributed by atoms with Crippen LogP contribution in [0.1, 0.15) is 60.9 Å². The van der Waals surface area contributed by atoms with E-state index in [2.05, 4.69) is 15.7 Å². The van der Waals surface area contributed by atoms with Gasteiger partial charge < -0.3 is 10.6 Å². The zero-order valence-electron chi connectivity index (χ0n) is 18.4. The molecular formula is C25H27ClN4O3. The predicted molar refractivity (Wildman–Crippen MR) is 128 cm³/mol. The first-order valence-electron chi connectivity index (χ1n) is 11.3. The number of hydrogen-bond acceptors (Lipinski definition) is 4. The predicted octanol–water partition coefficient (Wildman–Crippen LogP) is 4.52. The second-order valence-electron chi connectivity index (χ2n) is 8.44. The number of amides is 3. The molecule has 1 heterocycles. The van der Waals surface area contributed by atoms with Gasteiger partial charge in [-0.05, 0) is 36.6 Å². The molecule has 0 bridgehead atoms. The van der Waals surface area contributed by atoms with Crippen molar-refractivity contribution >= 4 is 40.7 Å². The molecule has 1 saturated carbocycles. The van der Waals surface area contributed by atoms with E-state index in [1.54, 1.807) is 18.2 Å². The number of carbonyl (C=O) groups is 3. The van der Waals surface area contributed by atoms with Gasteiger partial charge in [0.2, 0.25) is 5.91 Å². The molecule has 0 atom stereocenters. The van der Waals surface area contributed by atoms with Gasteiger partial charge in [0.05, 0.1) is 17.1 Å². The summed E-state index contributed by atoms with van der Waals surface area (Å²) in [6.07, 6.45) is 5.84. The fraction of sp³-hybridized carbons (Fsp3) is 0.360. The first kappa shape index (κ1) is 23.0. The molecule has 0 radical (unpaired) electrons. The molecular weight excluding hydrogens is 440 g/mol. The molecule has 2 aliphatic rings. The van der Waals surface area contributed by atoms with Crippen LogP contribution in [0, 0.1) is 0 Å².